The third-order valence-electron chi connectivity index (χ3n) is 4.51. The molecule has 24 heavy (non-hydrogen) atoms. The SMILES string of the molecule is COC(=O)c1c(F)cccc1S(=O)(=O)N1C2CCNCC1CC2.Cl. The van der Waals surface area contributed by atoms with Crippen LogP contribution in [-0.4, -0.2) is 51.0 Å². The first kappa shape index (κ1) is 19.1. The highest BCUT2D eigenvalue weighted by atomic mass is 35.5. The second-order valence-corrected chi connectivity index (χ2v) is 7.63. The highest BCUT2D eigenvalue weighted by Gasteiger charge is 2.44. The molecule has 0 aliphatic carbocycles. The number of fused-ring (bicyclic) bond motifs is 2. The summed E-state index contributed by atoms with van der Waals surface area (Å²) in [5.41, 5.74) is -0.522. The van der Waals surface area contributed by atoms with Gasteiger partial charge in [-0.05, 0) is 37.9 Å². The lowest BCUT2D eigenvalue weighted by atomic mass is 10.1. The van der Waals surface area contributed by atoms with Gasteiger partial charge in [-0.3, -0.25) is 0 Å². The predicted molar refractivity (Wildman–Crippen MR) is 88.3 cm³/mol. The zero-order chi connectivity index (χ0) is 16.6. The van der Waals surface area contributed by atoms with Crippen LogP contribution in [0.4, 0.5) is 4.39 Å². The molecule has 2 unspecified atom stereocenters. The Morgan fingerprint density at radius 1 is 1.29 bits per heavy atom. The molecule has 6 nitrogen and oxygen atoms in total. The number of methoxy groups -OCH3 is 1. The average molecular weight is 379 g/mol. The molecule has 1 N–H and O–H groups in total. The molecular weight excluding hydrogens is 359 g/mol. The molecule has 3 rings (SSSR count). The van der Waals surface area contributed by atoms with E-state index >= 15 is 0 Å². The average Bonchev–Trinajstić information content (AvgIpc) is 2.80. The Labute approximate surface area is 146 Å². The lowest BCUT2D eigenvalue weighted by Crippen LogP contribution is -2.43. The number of carbonyl (C=O) groups is 1. The van der Waals surface area contributed by atoms with Crippen molar-refractivity contribution < 1.29 is 22.3 Å². The lowest BCUT2D eigenvalue weighted by molar-refractivity contribution is 0.0590. The zero-order valence-corrected chi connectivity index (χ0v) is 14.8. The Morgan fingerprint density at radius 2 is 2.00 bits per heavy atom. The molecule has 0 aromatic heterocycles. The van der Waals surface area contributed by atoms with Crippen LogP contribution < -0.4 is 5.32 Å². The number of nitrogens with zero attached hydrogens (tertiary/aromatic N) is 1. The number of esters is 1. The van der Waals surface area contributed by atoms with E-state index in [0.29, 0.717) is 13.0 Å². The fourth-order valence-electron chi connectivity index (χ4n) is 3.46. The van der Waals surface area contributed by atoms with E-state index in [1.165, 1.54) is 16.4 Å². The van der Waals surface area contributed by atoms with Crippen molar-refractivity contribution in [1.82, 2.24) is 9.62 Å². The molecule has 9 heteroatoms. The number of ether oxygens (including phenoxy) is 1. The number of carbonyl (C=O) groups excluding carboxylic acids is 1. The summed E-state index contributed by atoms with van der Waals surface area (Å²) in [6, 6.07) is 3.34. The molecular formula is C15H20ClFN2O4S. The molecule has 1 aromatic carbocycles. The summed E-state index contributed by atoms with van der Waals surface area (Å²) in [6.07, 6.45) is 2.26. The quantitative estimate of drug-likeness (QED) is 0.808. The van der Waals surface area contributed by atoms with Crippen LogP contribution >= 0.6 is 12.4 Å². The van der Waals surface area contributed by atoms with E-state index in [0.717, 1.165) is 32.6 Å². The summed E-state index contributed by atoms with van der Waals surface area (Å²) in [5.74, 6) is -1.87. The van der Waals surface area contributed by atoms with Gasteiger partial charge in [0.1, 0.15) is 11.4 Å². The van der Waals surface area contributed by atoms with Crippen molar-refractivity contribution in [2.24, 2.45) is 0 Å². The maximum Gasteiger partial charge on any atom is 0.342 e. The van der Waals surface area contributed by atoms with Crippen LogP contribution in [-0.2, 0) is 14.8 Å². The van der Waals surface area contributed by atoms with Crippen LogP contribution in [0.25, 0.3) is 0 Å². The standard InChI is InChI=1S/C15H19FN2O4S.ClH/c1-22-15(19)14-12(16)3-2-4-13(14)23(20,21)18-10-5-6-11(18)9-17-8-7-10;/h2-4,10-11,17H,5-9H2,1H3;1H. The van der Waals surface area contributed by atoms with Crippen LogP contribution in [0.1, 0.15) is 29.6 Å². The van der Waals surface area contributed by atoms with Gasteiger partial charge in [0.2, 0.25) is 10.0 Å². The van der Waals surface area contributed by atoms with Gasteiger partial charge in [-0.2, -0.15) is 4.31 Å². The molecule has 2 bridgehead atoms. The molecule has 1 aromatic rings. The van der Waals surface area contributed by atoms with Crippen LogP contribution in [0, 0.1) is 5.82 Å². The van der Waals surface area contributed by atoms with E-state index in [9.17, 15) is 17.6 Å². The lowest BCUT2D eigenvalue weighted by Gasteiger charge is -2.27. The fourth-order valence-corrected chi connectivity index (χ4v) is 5.56. The van der Waals surface area contributed by atoms with Crippen LogP contribution in [0.3, 0.4) is 0 Å². The molecule has 134 valence electrons. The van der Waals surface area contributed by atoms with Crippen molar-refractivity contribution in [3.63, 3.8) is 0 Å². The Morgan fingerprint density at radius 3 is 2.71 bits per heavy atom. The Balaban J connectivity index is 0.00000208. The highest BCUT2D eigenvalue weighted by molar-refractivity contribution is 7.89. The topological polar surface area (TPSA) is 75.7 Å². The molecule has 2 fully saturated rings. The number of sulfonamides is 1. The van der Waals surface area contributed by atoms with Gasteiger partial charge in [0.15, 0.2) is 0 Å². The van der Waals surface area contributed by atoms with Gasteiger partial charge in [0, 0.05) is 18.6 Å². The third-order valence-corrected chi connectivity index (χ3v) is 6.55. The van der Waals surface area contributed by atoms with E-state index in [4.69, 9.17) is 0 Å². The first-order valence-electron chi connectivity index (χ1n) is 7.58. The number of hydrogen-bond donors (Lipinski definition) is 1. The number of halogens is 2. The summed E-state index contributed by atoms with van der Waals surface area (Å²) in [5, 5.41) is 3.22. The normalized spacial score (nSPS) is 24.1. The van der Waals surface area contributed by atoms with E-state index in [1.54, 1.807) is 0 Å². The minimum Gasteiger partial charge on any atom is -0.465 e. The van der Waals surface area contributed by atoms with E-state index in [-0.39, 0.29) is 29.4 Å². The van der Waals surface area contributed by atoms with Gasteiger partial charge < -0.3 is 10.1 Å². The summed E-state index contributed by atoms with van der Waals surface area (Å²) < 4.78 is 46.3. The summed E-state index contributed by atoms with van der Waals surface area (Å²) in [6.45, 7) is 1.32. The molecule has 0 radical (unpaired) electrons. The Kier molecular flexibility index (Phi) is 5.85. The van der Waals surface area contributed by atoms with Gasteiger partial charge >= 0.3 is 5.97 Å². The molecule has 2 aliphatic heterocycles. The number of benzene rings is 1. The van der Waals surface area contributed by atoms with E-state index < -0.39 is 27.4 Å². The Bertz CT molecular complexity index is 714. The maximum absolute atomic E-state index is 14.1. The van der Waals surface area contributed by atoms with Gasteiger partial charge in [-0.15, -0.1) is 12.4 Å². The summed E-state index contributed by atoms with van der Waals surface area (Å²) in [4.78, 5) is 11.6. The van der Waals surface area contributed by atoms with E-state index in [2.05, 4.69) is 10.1 Å². The molecule has 0 saturated carbocycles. The zero-order valence-electron chi connectivity index (χ0n) is 13.2. The molecule has 2 aliphatic rings. The molecule has 2 heterocycles. The summed E-state index contributed by atoms with van der Waals surface area (Å²) >= 11 is 0. The van der Waals surface area contributed by atoms with Crippen molar-refractivity contribution in [2.45, 2.75) is 36.2 Å². The number of hydrogen-bond acceptors (Lipinski definition) is 5. The van der Waals surface area contributed by atoms with Crippen molar-refractivity contribution >= 4 is 28.4 Å². The van der Waals surface area contributed by atoms with Crippen molar-refractivity contribution in [2.75, 3.05) is 20.2 Å². The highest BCUT2D eigenvalue weighted by Crippen LogP contribution is 2.35. The Hall–Kier alpha value is -1.22. The van der Waals surface area contributed by atoms with Crippen molar-refractivity contribution in [3.05, 3.63) is 29.6 Å². The second-order valence-electron chi connectivity index (χ2n) is 5.82. The molecule has 2 saturated heterocycles. The first-order chi connectivity index (χ1) is 11.0. The monoisotopic (exact) mass is 378 g/mol. The number of rotatable bonds is 3. The van der Waals surface area contributed by atoms with Crippen LogP contribution in [0.2, 0.25) is 0 Å². The molecule has 0 spiro atoms. The summed E-state index contributed by atoms with van der Waals surface area (Å²) in [7, 11) is -2.88. The second kappa shape index (κ2) is 7.35. The molecule has 0 amide bonds. The largest absolute Gasteiger partial charge is 0.465 e. The van der Waals surface area contributed by atoms with Crippen molar-refractivity contribution in [1.29, 1.82) is 0 Å². The maximum atomic E-state index is 14.1. The molecule has 2 atom stereocenters. The van der Waals surface area contributed by atoms with Crippen molar-refractivity contribution in [3.8, 4) is 0 Å². The van der Waals surface area contributed by atoms with Gasteiger partial charge in [-0.25, -0.2) is 17.6 Å². The van der Waals surface area contributed by atoms with Gasteiger partial charge in [0.25, 0.3) is 0 Å². The first-order valence-corrected chi connectivity index (χ1v) is 9.02. The van der Waals surface area contributed by atoms with Gasteiger partial charge in [0.05, 0.1) is 12.0 Å². The minimum atomic E-state index is -3.98. The third kappa shape index (κ3) is 3.15. The number of nitrogens with one attached hydrogen (secondary N) is 1. The minimum absolute atomic E-state index is 0. The smallest absolute Gasteiger partial charge is 0.342 e. The fraction of sp³-hybridized carbons (Fsp3) is 0.533. The van der Waals surface area contributed by atoms with E-state index in [1.807, 2.05) is 0 Å². The van der Waals surface area contributed by atoms with Gasteiger partial charge in [-0.1, -0.05) is 6.07 Å². The van der Waals surface area contributed by atoms with Crippen LogP contribution in [0.15, 0.2) is 23.1 Å². The predicted octanol–water partition coefficient (Wildman–Crippen LogP) is 1.55. The van der Waals surface area contributed by atoms with Crippen LogP contribution in [0.5, 0.6) is 0 Å².